The van der Waals surface area contributed by atoms with Crippen LogP contribution in [0.2, 0.25) is 5.15 Å². The van der Waals surface area contributed by atoms with Crippen LogP contribution in [0.5, 0.6) is 11.5 Å². The summed E-state index contributed by atoms with van der Waals surface area (Å²) in [5.41, 5.74) is 3.74. The molecule has 3 aromatic rings. The number of pyridine rings is 2. The number of hydrogen-bond donors (Lipinski definition) is 1. The minimum absolute atomic E-state index is 0.126. The van der Waals surface area contributed by atoms with Crippen molar-refractivity contribution in [3.05, 3.63) is 64.6 Å². The molecule has 2 saturated heterocycles. The number of fused-ring (bicyclic) bond motifs is 3. The van der Waals surface area contributed by atoms with Gasteiger partial charge in [-0.1, -0.05) is 11.6 Å². The van der Waals surface area contributed by atoms with E-state index in [1.54, 1.807) is 31.4 Å². The maximum absolute atomic E-state index is 13.5. The molecule has 6 rings (SSSR count). The number of rotatable bonds is 7. The summed E-state index contributed by atoms with van der Waals surface area (Å²) in [4.78, 5) is 26.5. The first-order valence-electron chi connectivity index (χ1n) is 11.8. The van der Waals surface area contributed by atoms with E-state index >= 15 is 0 Å². The third-order valence-corrected chi connectivity index (χ3v) is 7.40. The fourth-order valence-electron chi connectivity index (χ4n) is 5.23. The highest BCUT2D eigenvalue weighted by Crippen LogP contribution is 2.37. The topological polar surface area (TPSA) is 89.0 Å². The summed E-state index contributed by atoms with van der Waals surface area (Å²) in [5, 5.41) is 3.59. The predicted octanol–water partition coefficient (Wildman–Crippen LogP) is 4.02. The fraction of sp³-hybridized carbons (Fsp3) is 0.346. The average molecular weight is 508 g/mol. The summed E-state index contributed by atoms with van der Waals surface area (Å²) in [5.74, 6) is 1.85. The predicted molar refractivity (Wildman–Crippen MR) is 135 cm³/mol. The lowest BCUT2D eigenvalue weighted by Gasteiger charge is -2.28. The van der Waals surface area contributed by atoms with E-state index in [0.29, 0.717) is 64.5 Å². The van der Waals surface area contributed by atoms with Crippen molar-refractivity contribution < 1.29 is 19.0 Å². The van der Waals surface area contributed by atoms with Crippen molar-refractivity contribution >= 4 is 34.7 Å². The quantitative estimate of drug-likeness (QED) is 0.480. The first-order chi connectivity index (χ1) is 17.5. The van der Waals surface area contributed by atoms with Crippen molar-refractivity contribution in [2.75, 3.05) is 37.6 Å². The van der Waals surface area contributed by atoms with E-state index in [9.17, 15) is 4.79 Å². The van der Waals surface area contributed by atoms with E-state index in [-0.39, 0.29) is 5.91 Å². The normalized spacial score (nSPS) is 20.1. The highest BCUT2D eigenvalue weighted by atomic mass is 35.5. The van der Waals surface area contributed by atoms with Gasteiger partial charge in [0.05, 0.1) is 68.8 Å². The Morgan fingerprint density at radius 2 is 2.06 bits per heavy atom. The molecule has 2 atom stereocenters. The van der Waals surface area contributed by atoms with Gasteiger partial charge in [-0.2, -0.15) is 0 Å². The Morgan fingerprint density at radius 1 is 1.17 bits per heavy atom. The number of nitrogens with zero attached hydrogens (tertiary/aromatic N) is 4. The number of nitrogens with one attached hydrogen (secondary N) is 1. The van der Waals surface area contributed by atoms with E-state index in [1.807, 2.05) is 30.5 Å². The summed E-state index contributed by atoms with van der Waals surface area (Å²) in [6.45, 7) is 2.40. The molecule has 0 saturated carbocycles. The Morgan fingerprint density at radius 3 is 2.75 bits per heavy atom. The molecule has 1 amide bonds. The molecule has 0 spiro atoms. The molecule has 0 aliphatic carbocycles. The van der Waals surface area contributed by atoms with Crippen LogP contribution in [-0.4, -0.2) is 60.3 Å². The summed E-state index contributed by atoms with van der Waals surface area (Å²) in [7, 11) is 3.20. The van der Waals surface area contributed by atoms with E-state index in [1.165, 1.54) is 0 Å². The maximum Gasteiger partial charge on any atom is 0.257 e. The zero-order valence-electron chi connectivity index (χ0n) is 20.0. The van der Waals surface area contributed by atoms with Gasteiger partial charge in [-0.15, -0.1) is 0 Å². The molecule has 10 heteroatoms. The van der Waals surface area contributed by atoms with Gasteiger partial charge in [-0.25, -0.2) is 9.97 Å². The maximum atomic E-state index is 13.5. The van der Waals surface area contributed by atoms with Gasteiger partial charge < -0.3 is 29.3 Å². The van der Waals surface area contributed by atoms with Crippen molar-refractivity contribution in [2.45, 2.75) is 31.7 Å². The third kappa shape index (κ3) is 3.98. The molecule has 2 bridgehead atoms. The largest absolute Gasteiger partial charge is 0.497 e. The van der Waals surface area contributed by atoms with Crippen LogP contribution >= 0.6 is 11.6 Å². The number of aromatic nitrogens is 2. The lowest BCUT2D eigenvalue weighted by atomic mass is 10.1. The highest BCUT2D eigenvalue weighted by Gasteiger charge is 2.39. The van der Waals surface area contributed by atoms with E-state index in [2.05, 4.69) is 20.2 Å². The number of morpholine rings is 1. The average Bonchev–Trinajstić information content (AvgIpc) is 3.62. The van der Waals surface area contributed by atoms with Gasteiger partial charge >= 0.3 is 0 Å². The first-order valence-corrected chi connectivity index (χ1v) is 12.2. The number of carbonyl (C=O) groups is 1. The molecule has 2 fully saturated rings. The van der Waals surface area contributed by atoms with Crippen LogP contribution < -0.4 is 19.7 Å². The first kappa shape index (κ1) is 22.9. The number of hydrogen-bond acceptors (Lipinski definition) is 8. The van der Waals surface area contributed by atoms with Crippen LogP contribution in [0.15, 0.2) is 42.7 Å². The summed E-state index contributed by atoms with van der Waals surface area (Å²) < 4.78 is 16.5. The van der Waals surface area contributed by atoms with Crippen molar-refractivity contribution in [2.24, 2.45) is 0 Å². The van der Waals surface area contributed by atoms with Crippen LogP contribution in [0.3, 0.4) is 0 Å². The molecular formula is C26H26ClN5O4. The highest BCUT2D eigenvalue weighted by molar-refractivity contribution is 6.31. The Hall–Kier alpha value is -3.56. The Balaban J connectivity index is 1.22. The van der Waals surface area contributed by atoms with Gasteiger partial charge in [-0.3, -0.25) is 4.79 Å². The minimum atomic E-state index is -0.126. The van der Waals surface area contributed by atoms with Crippen LogP contribution in [0.4, 0.5) is 17.2 Å². The number of methoxy groups -OCH3 is 2. The molecule has 9 nitrogen and oxygen atoms in total. The van der Waals surface area contributed by atoms with E-state index < -0.39 is 0 Å². The molecule has 3 aliphatic rings. The lowest BCUT2D eigenvalue weighted by molar-refractivity contribution is 0.0766. The number of anilines is 3. The van der Waals surface area contributed by atoms with Crippen molar-refractivity contribution in [1.82, 2.24) is 14.9 Å². The lowest BCUT2D eigenvalue weighted by Crippen LogP contribution is -2.36. The summed E-state index contributed by atoms with van der Waals surface area (Å²) >= 11 is 6.41. The molecule has 5 heterocycles. The molecule has 36 heavy (non-hydrogen) atoms. The van der Waals surface area contributed by atoms with Gasteiger partial charge in [0.25, 0.3) is 5.91 Å². The second-order valence-corrected chi connectivity index (χ2v) is 9.54. The molecule has 1 aromatic carbocycles. The fourth-order valence-corrected chi connectivity index (χ4v) is 5.44. The van der Waals surface area contributed by atoms with Gasteiger partial charge in [0.15, 0.2) is 0 Å². The smallest absolute Gasteiger partial charge is 0.257 e. The van der Waals surface area contributed by atoms with Crippen molar-refractivity contribution in [3.63, 3.8) is 0 Å². The van der Waals surface area contributed by atoms with Crippen LogP contribution in [0.25, 0.3) is 0 Å². The van der Waals surface area contributed by atoms with Gasteiger partial charge in [0.2, 0.25) is 0 Å². The molecule has 0 unspecified atom stereocenters. The molecule has 3 aliphatic heterocycles. The van der Waals surface area contributed by atoms with Crippen LogP contribution in [-0.2, 0) is 17.8 Å². The molecule has 186 valence electrons. The van der Waals surface area contributed by atoms with Gasteiger partial charge in [0, 0.05) is 30.3 Å². The summed E-state index contributed by atoms with van der Waals surface area (Å²) in [6, 6.07) is 9.94. The van der Waals surface area contributed by atoms with E-state index in [0.717, 1.165) is 30.8 Å². The number of carbonyl (C=O) groups excluding carboxylic acids is 1. The molecule has 1 N–H and O–H groups in total. The monoisotopic (exact) mass is 507 g/mol. The third-order valence-electron chi connectivity index (χ3n) is 7.08. The van der Waals surface area contributed by atoms with Gasteiger partial charge in [-0.05, 0) is 30.7 Å². The van der Waals surface area contributed by atoms with Crippen LogP contribution in [0.1, 0.15) is 27.9 Å². The number of benzene rings is 1. The zero-order chi connectivity index (χ0) is 24.8. The van der Waals surface area contributed by atoms with Crippen LogP contribution in [0, 0.1) is 0 Å². The van der Waals surface area contributed by atoms with Gasteiger partial charge in [0.1, 0.15) is 22.5 Å². The Bertz CT molecular complexity index is 1320. The number of halogens is 1. The van der Waals surface area contributed by atoms with Crippen molar-refractivity contribution in [3.8, 4) is 11.5 Å². The zero-order valence-corrected chi connectivity index (χ0v) is 20.8. The number of ether oxygens (including phenoxy) is 3. The SMILES string of the molecule is COc1ccc(CN2Cc3c(Cl)ncc(Nc4ccc(N5C[C@H]6C[C@@H]5CO6)cn4)c3C2=O)c(OC)c1. The second-order valence-electron chi connectivity index (χ2n) is 9.18. The molecular weight excluding hydrogens is 482 g/mol. The summed E-state index contributed by atoms with van der Waals surface area (Å²) in [6.07, 6.45) is 4.84. The Labute approximate surface area is 213 Å². The van der Waals surface area contributed by atoms with E-state index in [4.69, 9.17) is 25.8 Å². The van der Waals surface area contributed by atoms with Crippen molar-refractivity contribution in [1.29, 1.82) is 0 Å². The minimum Gasteiger partial charge on any atom is -0.497 e. The number of amides is 1. The molecule has 0 radical (unpaired) electrons. The standard InChI is InChI=1S/C26H26ClN5O4/c1-34-18-5-3-15(22(8-18)35-2)11-31-13-20-24(26(31)33)21(10-29-25(20)27)30-23-6-4-16(9-28-23)32-12-19-7-17(32)14-36-19/h3-6,8-10,17,19H,7,11-14H2,1-2H3,(H,28,30)/t17-,19-/m1/s1. The Kier molecular flexibility index (Phi) is 5.81. The molecule has 2 aromatic heterocycles. The second kappa shape index (κ2) is 9.15.